The van der Waals surface area contributed by atoms with Gasteiger partial charge in [0.15, 0.2) is 0 Å². The molecule has 0 N–H and O–H groups in total. The van der Waals surface area contributed by atoms with Crippen LogP contribution in [-0.2, 0) is 6.42 Å². The van der Waals surface area contributed by atoms with Crippen LogP contribution in [0.15, 0.2) is 24.3 Å². The lowest BCUT2D eigenvalue weighted by molar-refractivity contribution is 0.236. The predicted octanol–water partition coefficient (Wildman–Crippen LogP) is 2.72. The summed E-state index contributed by atoms with van der Waals surface area (Å²) in [7, 11) is 0. The Morgan fingerprint density at radius 1 is 1.19 bits per heavy atom. The van der Waals surface area contributed by atoms with Crippen LogP contribution in [0.25, 0.3) is 0 Å². The fourth-order valence-electron chi connectivity index (χ4n) is 2.23. The molecule has 0 saturated carbocycles. The van der Waals surface area contributed by atoms with Crippen LogP contribution in [0, 0.1) is 0 Å². The second-order valence-corrected chi connectivity index (χ2v) is 4.36. The van der Waals surface area contributed by atoms with E-state index in [0.29, 0.717) is 0 Å². The van der Waals surface area contributed by atoms with Crippen molar-refractivity contribution in [3.05, 3.63) is 29.8 Å². The molecule has 0 spiro atoms. The van der Waals surface area contributed by atoms with Gasteiger partial charge in [-0.3, -0.25) is 4.90 Å². The largest absolute Gasteiger partial charge is 0.492 e. The Morgan fingerprint density at radius 3 is 2.69 bits per heavy atom. The molecule has 2 rings (SSSR count). The average molecular weight is 219 g/mol. The summed E-state index contributed by atoms with van der Waals surface area (Å²) in [4.78, 5) is 2.48. The van der Waals surface area contributed by atoms with Crippen LogP contribution in [0.2, 0.25) is 0 Å². The summed E-state index contributed by atoms with van der Waals surface area (Å²) < 4.78 is 5.85. The molecular weight excluding hydrogens is 198 g/mol. The van der Waals surface area contributed by atoms with E-state index in [9.17, 15) is 0 Å². The first-order chi connectivity index (χ1) is 7.90. The number of para-hydroxylation sites is 1. The van der Waals surface area contributed by atoms with Crippen LogP contribution in [-0.4, -0.2) is 31.1 Å². The third-order valence-electron chi connectivity index (χ3n) is 3.22. The van der Waals surface area contributed by atoms with Gasteiger partial charge in [0.2, 0.25) is 0 Å². The Bertz CT molecular complexity index is 318. The molecule has 1 aromatic rings. The van der Waals surface area contributed by atoms with E-state index in [2.05, 4.69) is 30.0 Å². The summed E-state index contributed by atoms with van der Waals surface area (Å²) in [6.07, 6.45) is 3.75. The Balaban J connectivity index is 1.79. The smallest absolute Gasteiger partial charge is 0.122 e. The van der Waals surface area contributed by atoms with E-state index in [0.717, 1.165) is 25.3 Å². The molecule has 1 saturated heterocycles. The SMILES string of the molecule is CCc1ccccc1OCCN1CCCC1. The summed E-state index contributed by atoms with van der Waals surface area (Å²) in [6, 6.07) is 8.34. The summed E-state index contributed by atoms with van der Waals surface area (Å²) in [5.41, 5.74) is 1.31. The van der Waals surface area contributed by atoms with Crippen LogP contribution < -0.4 is 4.74 Å². The van der Waals surface area contributed by atoms with E-state index in [1.165, 1.54) is 31.5 Å². The number of hydrogen-bond acceptors (Lipinski definition) is 2. The van der Waals surface area contributed by atoms with E-state index in [1.807, 2.05) is 6.07 Å². The van der Waals surface area contributed by atoms with Gasteiger partial charge in [-0.2, -0.15) is 0 Å². The van der Waals surface area contributed by atoms with Gasteiger partial charge < -0.3 is 4.74 Å². The predicted molar refractivity (Wildman–Crippen MR) is 67.0 cm³/mol. The van der Waals surface area contributed by atoms with Gasteiger partial charge in [-0.15, -0.1) is 0 Å². The third-order valence-corrected chi connectivity index (χ3v) is 3.22. The maximum atomic E-state index is 5.85. The van der Waals surface area contributed by atoms with Crippen molar-refractivity contribution < 1.29 is 4.74 Å². The molecule has 2 heteroatoms. The van der Waals surface area contributed by atoms with Crippen molar-refractivity contribution in [2.45, 2.75) is 26.2 Å². The first-order valence-corrected chi connectivity index (χ1v) is 6.33. The van der Waals surface area contributed by atoms with Crippen LogP contribution in [0.5, 0.6) is 5.75 Å². The van der Waals surface area contributed by atoms with Gasteiger partial charge in [-0.05, 0) is 44.0 Å². The van der Waals surface area contributed by atoms with Gasteiger partial charge in [0.25, 0.3) is 0 Å². The monoisotopic (exact) mass is 219 g/mol. The van der Waals surface area contributed by atoms with Gasteiger partial charge in [0, 0.05) is 6.54 Å². The van der Waals surface area contributed by atoms with Crippen molar-refractivity contribution in [1.82, 2.24) is 4.90 Å². The number of aryl methyl sites for hydroxylation is 1. The minimum atomic E-state index is 0.816. The quantitative estimate of drug-likeness (QED) is 0.755. The van der Waals surface area contributed by atoms with Gasteiger partial charge in [0.1, 0.15) is 12.4 Å². The maximum absolute atomic E-state index is 5.85. The van der Waals surface area contributed by atoms with Gasteiger partial charge in [-0.25, -0.2) is 0 Å². The third kappa shape index (κ3) is 2.99. The van der Waals surface area contributed by atoms with Gasteiger partial charge >= 0.3 is 0 Å². The zero-order chi connectivity index (χ0) is 11.2. The number of rotatable bonds is 5. The first kappa shape index (κ1) is 11.5. The highest BCUT2D eigenvalue weighted by Crippen LogP contribution is 2.18. The molecule has 0 aromatic heterocycles. The highest BCUT2D eigenvalue weighted by molar-refractivity contribution is 5.33. The van der Waals surface area contributed by atoms with E-state index in [1.54, 1.807) is 0 Å². The van der Waals surface area contributed by atoms with E-state index < -0.39 is 0 Å². The number of hydrogen-bond donors (Lipinski definition) is 0. The van der Waals surface area contributed by atoms with E-state index >= 15 is 0 Å². The number of nitrogens with zero attached hydrogens (tertiary/aromatic N) is 1. The van der Waals surface area contributed by atoms with E-state index in [4.69, 9.17) is 4.74 Å². The Kier molecular flexibility index (Phi) is 4.23. The van der Waals surface area contributed by atoms with Gasteiger partial charge in [0.05, 0.1) is 0 Å². The molecule has 1 aliphatic heterocycles. The molecule has 0 bridgehead atoms. The summed E-state index contributed by atoms with van der Waals surface area (Å²) >= 11 is 0. The Hall–Kier alpha value is -1.02. The molecule has 16 heavy (non-hydrogen) atoms. The van der Waals surface area contributed by atoms with E-state index in [-0.39, 0.29) is 0 Å². The average Bonchev–Trinajstić information content (AvgIpc) is 2.83. The zero-order valence-electron chi connectivity index (χ0n) is 10.1. The molecular formula is C14H21NO. The van der Waals surface area contributed by atoms with Crippen molar-refractivity contribution in [2.24, 2.45) is 0 Å². The molecule has 0 unspecified atom stereocenters. The maximum Gasteiger partial charge on any atom is 0.122 e. The van der Waals surface area contributed by atoms with Crippen LogP contribution in [0.1, 0.15) is 25.3 Å². The Labute approximate surface area is 98.2 Å². The zero-order valence-corrected chi connectivity index (χ0v) is 10.1. The fourth-order valence-corrected chi connectivity index (χ4v) is 2.23. The fraction of sp³-hybridized carbons (Fsp3) is 0.571. The molecule has 0 amide bonds. The number of likely N-dealkylation sites (tertiary alicyclic amines) is 1. The van der Waals surface area contributed by atoms with Crippen molar-refractivity contribution in [3.63, 3.8) is 0 Å². The minimum absolute atomic E-state index is 0.816. The van der Waals surface area contributed by atoms with Gasteiger partial charge in [-0.1, -0.05) is 25.1 Å². The summed E-state index contributed by atoms with van der Waals surface area (Å²) in [5.74, 6) is 1.06. The summed E-state index contributed by atoms with van der Waals surface area (Å²) in [6.45, 7) is 6.55. The molecule has 0 atom stereocenters. The van der Waals surface area contributed by atoms with Crippen molar-refractivity contribution in [2.75, 3.05) is 26.2 Å². The second-order valence-electron chi connectivity index (χ2n) is 4.36. The first-order valence-electron chi connectivity index (χ1n) is 6.33. The lowest BCUT2D eigenvalue weighted by Crippen LogP contribution is -2.25. The highest BCUT2D eigenvalue weighted by atomic mass is 16.5. The van der Waals surface area contributed by atoms with Crippen LogP contribution >= 0.6 is 0 Å². The molecule has 1 aromatic carbocycles. The second kappa shape index (κ2) is 5.90. The lowest BCUT2D eigenvalue weighted by Gasteiger charge is -2.16. The molecule has 1 fully saturated rings. The standard InChI is InChI=1S/C14H21NO/c1-2-13-7-3-4-8-14(13)16-12-11-15-9-5-6-10-15/h3-4,7-8H,2,5-6,9-12H2,1H3. The molecule has 1 aliphatic rings. The topological polar surface area (TPSA) is 12.5 Å². The lowest BCUT2D eigenvalue weighted by atomic mass is 10.1. The minimum Gasteiger partial charge on any atom is -0.492 e. The highest BCUT2D eigenvalue weighted by Gasteiger charge is 2.11. The number of benzene rings is 1. The van der Waals surface area contributed by atoms with Crippen molar-refractivity contribution in [3.8, 4) is 5.75 Å². The molecule has 1 heterocycles. The van der Waals surface area contributed by atoms with Crippen molar-refractivity contribution in [1.29, 1.82) is 0 Å². The molecule has 0 radical (unpaired) electrons. The molecule has 88 valence electrons. The number of ether oxygens (including phenoxy) is 1. The van der Waals surface area contributed by atoms with Crippen LogP contribution in [0.4, 0.5) is 0 Å². The summed E-state index contributed by atoms with van der Waals surface area (Å²) in [5, 5.41) is 0. The van der Waals surface area contributed by atoms with Crippen LogP contribution in [0.3, 0.4) is 0 Å². The molecule has 0 aliphatic carbocycles. The normalized spacial score (nSPS) is 16.6. The van der Waals surface area contributed by atoms with Crippen molar-refractivity contribution >= 4 is 0 Å². The Morgan fingerprint density at radius 2 is 1.94 bits per heavy atom. The molecule has 2 nitrogen and oxygen atoms in total.